The van der Waals surface area contributed by atoms with Crippen LogP contribution in [-0.2, 0) is 13.6 Å². The van der Waals surface area contributed by atoms with Crippen molar-refractivity contribution in [1.29, 1.82) is 0 Å². The molecule has 0 fully saturated rings. The maximum Gasteiger partial charge on any atom is 0.331 e. The molecule has 5 nitrogen and oxygen atoms in total. The van der Waals surface area contributed by atoms with Gasteiger partial charge in [-0.2, -0.15) is 0 Å². The molecule has 2 aromatic rings. The van der Waals surface area contributed by atoms with Gasteiger partial charge in [-0.15, -0.1) is 0 Å². The molecule has 2 rings (SSSR count). The zero-order chi connectivity index (χ0) is 14.2. The Morgan fingerprint density at radius 3 is 2.68 bits per heavy atom. The normalized spacial score (nSPS) is 10.7. The lowest BCUT2D eigenvalue weighted by molar-refractivity contribution is 0.579. The smallest absolute Gasteiger partial charge is 0.331 e. The first-order valence-corrected chi connectivity index (χ1v) is 5.78. The Labute approximate surface area is 112 Å². The predicted molar refractivity (Wildman–Crippen MR) is 70.9 cm³/mol. The summed E-state index contributed by atoms with van der Waals surface area (Å²) in [5.41, 5.74) is 4.24. The third-order valence-electron chi connectivity index (χ3n) is 2.74. The van der Waals surface area contributed by atoms with Crippen LogP contribution in [0.25, 0.3) is 0 Å². The zero-order valence-electron chi connectivity index (χ0n) is 10.1. The minimum absolute atomic E-state index is 0.0777. The van der Waals surface area contributed by atoms with Crippen molar-refractivity contribution in [2.24, 2.45) is 7.05 Å². The van der Waals surface area contributed by atoms with E-state index in [2.05, 4.69) is 0 Å². The molecule has 100 valence electrons. The maximum absolute atomic E-state index is 13.7. The van der Waals surface area contributed by atoms with Gasteiger partial charge >= 0.3 is 5.69 Å². The summed E-state index contributed by atoms with van der Waals surface area (Å²) in [6.45, 7) is -0.262. The van der Waals surface area contributed by atoms with E-state index in [9.17, 15) is 14.0 Å². The molecule has 0 amide bonds. The largest absolute Gasteiger partial charge is 0.393 e. The number of hydrogen-bond donors (Lipinski definition) is 1. The molecular formula is C12H11ClFN3O2. The molecule has 0 bridgehead atoms. The van der Waals surface area contributed by atoms with Gasteiger partial charge in [0.05, 0.1) is 6.54 Å². The first-order chi connectivity index (χ1) is 8.91. The van der Waals surface area contributed by atoms with Crippen LogP contribution in [0.1, 0.15) is 5.56 Å². The van der Waals surface area contributed by atoms with E-state index in [4.69, 9.17) is 17.3 Å². The van der Waals surface area contributed by atoms with E-state index in [1.165, 1.54) is 31.4 Å². The minimum atomic E-state index is -0.664. The molecular weight excluding hydrogens is 273 g/mol. The molecule has 0 aliphatic carbocycles. The molecule has 7 heteroatoms. The molecule has 0 spiro atoms. The number of benzene rings is 1. The summed E-state index contributed by atoms with van der Waals surface area (Å²) in [5, 5.41) is 0.149. The number of halogens is 2. The average molecular weight is 284 g/mol. The van der Waals surface area contributed by atoms with E-state index >= 15 is 0 Å². The number of nitrogens with zero attached hydrogens (tertiary/aromatic N) is 2. The number of anilines is 1. The highest BCUT2D eigenvalue weighted by Crippen LogP contribution is 2.19. The fourth-order valence-corrected chi connectivity index (χ4v) is 1.96. The van der Waals surface area contributed by atoms with Crippen molar-refractivity contribution < 1.29 is 4.39 Å². The number of nitrogen functional groups attached to an aromatic ring is 1. The summed E-state index contributed by atoms with van der Waals surface area (Å²) in [5.74, 6) is -0.580. The highest BCUT2D eigenvalue weighted by atomic mass is 35.5. The Balaban J connectivity index is 2.63. The van der Waals surface area contributed by atoms with Crippen LogP contribution in [0.15, 0.2) is 34.0 Å². The molecule has 2 N–H and O–H groups in total. The monoisotopic (exact) mass is 283 g/mol. The van der Waals surface area contributed by atoms with Crippen molar-refractivity contribution in [3.63, 3.8) is 0 Å². The number of nitrogens with two attached hydrogens (primary N) is 1. The molecule has 0 saturated heterocycles. The quantitative estimate of drug-likeness (QED) is 0.893. The Kier molecular flexibility index (Phi) is 3.44. The third-order valence-corrected chi connectivity index (χ3v) is 3.09. The lowest BCUT2D eigenvalue weighted by Gasteiger charge is -2.10. The number of hydrogen-bond acceptors (Lipinski definition) is 3. The third kappa shape index (κ3) is 2.39. The maximum atomic E-state index is 13.7. The summed E-state index contributed by atoms with van der Waals surface area (Å²) in [6, 6.07) is 4.15. The highest BCUT2D eigenvalue weighted by molar-refractivity contribution is 6.31. The van der Waals surface area contributed by atoms with Gasteiger partial charge in [0, 0.05) is 23.8 Å². The van der Waals surface area contributed by atoms with E-state index in [-0.39, 0.29) is 22.8 Å². The van der Waals surface area contributed by atoms with Gasteiger partial charge in [0.15, 0.2) is 0 Å². The van der Waals surface area contributed by atoms with E-state index in [0.717, 1.165) is 9.13 Å². The van der Waals surface area contributed by atoms with Crippen molar-refractivity contribution in [2.45, 2.75) is 6.54 Å². The van der Waals surface area contributed by atoms with Gasteiger partial charge in [-0.05, 0) is 12.1 Å². The molecule has 1 aromatic heterocycles. The van der Waals surface area contributed by atoms with E-state index in [1.54, 1.807) is 0 Å². The lowest BCUT2D eigenvalue weighted by Crippen LogP contribution is -2.40. The first-order valence-electron chi connectivity index (χ1n) is 5.40. The van der Waals surface area contributed by atoms with Crippen LogP contribution in [0.5, 0.6) is 0 Å². The summed E-state index contributed by atoms with van der Waals surface area (Å²) >= 11 is 5.87. The van der Waals surface area contributed by atoms with Crippen LogP contribution in [0.4, 0.5) is 10.1 Å². The van der Waals surface area contributed by atoms with Crippen LogP contribution in [0, 0.1) is 5.82 Å². The molecule has 0 aliphatic heterocycles. The fourth-order valence-electron chi connectivity index (χ4n) is 1.73. The second kappa shape index (κ2) is 4.89. The van der Waals surface area contributed by atoms with Crippen LogP contribution in [0.2, 0.25) is 5.02 Å². The summed E-state index contributed by atoms with van der Waals surface area (Å²) in [6.07, 6.45) is 1.23. The van der Waals surface area contributed by atoms with E-state index in [0.29, 0.717) is 0 Å². The molecule has 0 aliphatic rings. The van der Waals surface area contributed by atoms with Crippen LogP contribution in [-0.4, -0.2) is 9.13 Å². The lowest BCUT2D eigenvalue weighted by atomic mass is 10.2. The van der Waals surface area contributed by atoms with E-state index in [1.807, 2.05) is 0 Å². The Morgan fingerprint density at radius 1 is 1.37 bits per heavy atom. The Hall–Kier alpha value is -2.08. The van der Waals surface area contributed by atoms with Gasteiger partial charge in [0.25, 0.3) is 5.56 Å². The second-order valence-corrected chi connectivity index (χ2v) is 4.48. The van der Waals surface area contributed by atoms with Gasteiger partial charge < -0.3 is 10.3 Å². The van der Waals surface area contributed by atoms with Crippen molar-refractivity contribution in [2.75, 3.05) is 5.73 Å². The van der Waals surface area contributed by atoms with E-state index < -0.39 is 17.1 Å². The summed E-state index contributed by atoms with van der Waals surface area (Å²) < 4.78 is 15.7. The van der Waals surface area contributed by atoms with Crippen LogP contribution in [0.3, 0.4) is 0 Å². The van der Waals surface area contributed by atoms with Crippen LogP contribution >= 0.6 is 11.6 Å². The molecule has 0 unspecified atom stereocenters. The van der Waals surface area contributed by atoms with Gasteiger partial charge in [-0.3, -0.25) is 9.36 Å². The van der Waals surface area contributed by atoms with Gasteiger partial charge in [0.2, 0.25) is 0 Å². The minimum Gasteiger partial charge on any atom is -0.393 e. The Morgan fingerprint density at radius 2 is 2.05 bits per heavy atom. The molecule has 0 saturated carbocycles. The molecule has 19 heavy (non-hydrogen) atoms. The summed E-state index contributed by atoms with van der Waals surface area (Å²) in [7, 11) is 1.46. The van der Waals surface area contributed by atoms with Gasteiger partial charge in [-0.25, -0.2) is 9.18 Å². The number of aromatic nitrogens is 2. The van der Waals surface area contributed by atoms with Gasteiger partial charge in [0.1, 0.15) is 11.5 Å². The van der Waals surface area contributed by atoms with Crippen molar-refractivity contribution in [1.82, 2.24) is 9.13 Å². The van der Waals surface area contributed by atoms with Crippen molar-refractivity contribution in [3.05, 3.63) is 61.6 Å². The molecule has 1 aromatic carbocycles. The van der Waals surface area contributed by atoms with Crippen molar-refractivity contribution >= 4 is 17.3 Å². The molecule has 0 atom stereocenters. The standard InChI is InChI=1S/C12H11ClFN3O2/c1-16-6-10(15)11(18)17(12(16)19)5-7-8(13)3-2-4-9(7)14/h2-4,6H,5,15H2,1H3. The number of aryl methyl sites for hydroxylation is 1. The Bertz CT molecular complexity index is 697. The highest BCUT2D eigenvalue weighted by Gasteiger charge is 2.13. The van der Waals surface area contributed by atoms with Gasteiger partial charge in [-0.1, -0.05) is 17.7 Å². The predicted octanol–water partition coefficient (Wildman–Crippen LogP) is 0.970. The van der Waals surface area contributed by atoms with Crippen LogP contribution < -0.4 is 17.0 Å². The topological polar surface area (TPSA) is 70.0 Å². The molecule has 0 radical (unpaired) electrons. The first kappa shape index (κ1) is 13.4. The zero-order valence-corrected chi connectivity index (χ0v) is 10.8. The SMILES string of the molecule is Cn1cc(N)c(=O)n(Cc2c(F)cccc2Cl)c1=O. The average Bonchev–Trinajstić information content (AvgIpc) is 2.35. The summed E-state index contributed by atoms with van der Waals surface area (Å²) in [4.78, 5) is 23.7. The molecule has 1 heterocycles. The second-order valence-electron chi connectivity index (χ2n) is 4.07. The fraction of sp³-hybridized carbons (Fsp3) is 0.167. The van der Waals surface area contributed by atoms with Crippen molar-refractivity contribution in [3.8, 4) is 0 Å². The number of rotatable bonds is 2.